The molecule has 1 amide bonds. The van der Waals surface area contributed by atoms with Gasteiger partial charge in [0.2, 0.25) is 5.91 Å². The van der Waals surface area contributed by atoms with Crippen molar-refractivity contribution in [2.24, 2.45) is 0 Å². The molecule has 6 heteroatoms. The van der Waals surface area contributed by atoms with Crippen LogP contribution in [0.1, 0.15) is 11.3 Å². The van der Waals surface area contributed by atoms with Crippen LogP contribution < -0.4 is 11.1 Å². The number of nitrogens with two attached hydrogens (primary N) is 1. The van der Waals surface area contributed by atoms with Crippen LogP contribution in [0.15, 0.2) is 35.7 Å². The fourth-order valence-electron chi connectivity index (χ4n) is 1.90. The summed E-state index contributed by atoms with van der Waals surface area (Å²) in [5.41, 5.74) is 6.88. The molecule has 0 atom stereocenters. The normalized spacial score (nSPS) is 10.8. The van der Waals surface area contributed by atoms with Gasteiger partial charge in [-0.15, -0.1) is 11.3 Å². The van der Waals surface area contributed by atoms with Gasteiger partial charge in [-0.3, -0.25) is 4.79 Å². The first-order valence-electron chi connectivity index (χ1n) is 6.60. The summed E-state index contributed by atoms with van der Waals surface area (Å²) in [4.78, 5) is 15.3. The predicted molar refractivity (Wildman–Crippen MR) is 89.8 cm³/mol. The Bertz CT molecular complexity index is 601. The third kappa shape index (κ3) is 5.04. The SMILES string of the molecule is CN(CCC(=O)Nc1ccc(Cl)cc1N)Cc1cccs1. The smallest absolute Gasteiger partial charge is 0.225 e. The van der Waals surface area contributed by atoms with Gasteiger partial charge in [-0.1, -0.05) is 17.7 Å². The van der Waals surface area contributed by atoms with Crippen molar-refractivity contribution in [2.75, 3.05) is 24.6 Å². The van der Waals surface area contributed by atoms with Gasteiger partial charge in [-0.25, -0.2) is 0 Å². The van der Waals surface area contributed by atoms with Crippen LogP contribution in [0.2, 0.25) is 5.02 Å². The standard InChI is InChI=1S/C15H18ClN3OS/c1-19(10-12-3-2-8-21-12)7-6-15(20)18-14-5-4-11(16)9-13(14)17/h2-5,8-9H,6-7,10,17H2,1H3,(H,18,20). The van der Waals surface area contributed by atoms with E-state index in [1.807, 2.05) is 13.1 Å². The van der Waals surface area contributed by atoms with E-state index in [2.05, 4.69) is 21.7 Å². The first kappa shape index (κ1) is 15.8. The number of nitrogens with one attached hydrogen (secondary N) is 1. The van der Waals surface area contributed by atoms with E-state index < -0.39 is 0 Å². The first-order valence-corrected chi connectivity index (χ1v) is 7.86. The van der Waals surface area contributed by atoms with Crippen molar-refractivity contribution in [3.8, 4) is 0 Å². The van der Waals surface area contributed by atoms with E-state index in [9.17, 15) is 4.79 Å². The van der Waals surface area contributed by atoms with Gasteiger partial charge < -0.3 is 16.0 Å². The molecule has 0 aliphatic rings. The maximum atomic E-state index is 11.9. The summed E-state index contributed by atoms with van der Waals surface area (Å²) >= 11 is 7.55. The number of hydrogen-bond acceptors (Lipinski definition) is 4. The lowest BCUT2D eigenvalue weighted by molar-refractivity contribution is -0.116. The van der Waals surface area contributed by atoms with Crippen molar-refractivity contribution in [2.45, 2.75) is 13.0 Å². The van der Waals surface area contributed by atoms with Crippen LogP contribution in [0.4, 0.5) is 11.4 Å². The summed E-state index contributed by atoms with van der Waals surface area (Å²) in [6.45, 7) is 1.55. The molecular weight excluding hydrogens is 306 g/mol. The number of halogens is 1. The Labute approximate surface area is 133 Å². The molecule has 0 bridgehead atoms. The average Bonchev–Trinajstić information content (AvgIpc) is 2.92. The lowest BCUT2D eigenvalue weighted by atomic mass is 10.2. The van der Waals surface area contributed by atoms with E-state index in [0.29, 0.717) is 29.4 Å². The minimum Gasteiger partial charge on any atom is -0.397 e. The molecule has 21 heavy (non-hydrogen) atoms. The second-order valence-electron chi connectivity index (χ2n) is 4.85. The number of nitrogen functional groups attached to an aromatic ring is 1. The Morgan fingerprint density at radius 1 is 1.43 bits per heavy atom. The Hall–Kier alpha value is -1.56. The Morgan fingerprint density at radius 3 is 2.90 bits per heavy atom. The molecule has 2 rings (SSSR count). The van der Waals surface area contributed by atoms with Gasteiger partial charge in [0.15, 0.2) is 0 Å². The largest absolute Gasteiger partial charge is 0.397 e. The minimum absolute atomic E-state index is 0.0537. The second kappa shape index (κ2) is 7.45. The van der Waals surface area contributed by atoms with Gasteiger partial charge >= 0.3 is 0 Å². The maximum absolute atomic E-state index is 11.9. The molecule has 0 aliphatic heterocycles. The van der Waals surface area contributed by atoms with E-state index in [0.717, 1.165) is 6.54 Å². The van der Waals surface area contributed by atoms with Crippen molar-refractivity contribution in [3.63, 3.8) is 0 Å². The summed E-state index contributed by atoms with van der Waals surface area (Å²) in [6.07, 6.45) is 0.421. The molecule has 0 radical (unpaired) electrons. The number of anilines is 2. The van der Waals surface area contributed by atoms with Crippen LogP contribution in [0.5, 0.6) is 0 Å². The molecule has 0 spiro atoms. The zero-order valence-corrected chi connectivity index (χ0v) is 13.4. The highest BCUT2D eigenvalue weighted by Crippen LogP contribution is 2.22. The van der Waals surface area contributed by atoms with Crippen LogP contribution in [-0.4, -0.2) is 24.4 Å². The zero-order chi connectivity index (χ0) is 15.2. The van der Waals surface area contributed by atoms with Crippen molar-refractivity contribution in [3.05, 3.63) is 45.6 Å². The molecule has 0 aliphatic carbocycles. The number of carbonyl (C=O) groups excluding carboxylic acids is 1. The molecule has 0 saturated heterocycles. The molecule has 1 heterocycles. The molecule has 0 unspecified atom stereocenters. The van der Waals surface area contributed by atoms with Crippen LogP contribution in [0.3, 0.4) is 0 Å². The van der Waals surface area contributed by atoms with Crippen molar-refractivity contribution in [1.82, 2.24) is 4.90 Å². The molecule has 1 aromatic carbocycles. The highest BCUT2D eigenvalue weighted by atomic mass is 35.5. The van der Waals surface area contributed by atoms with Crippen LogP contribution in [0.25, 0.3) is 0 Å². The lowest BCUT2D eigenvalue weighted by Gasteiger charge is -2.15. The molecule has 112 valence electrons. The fourth-order valence-corrected chi connectivity index (χ4v) is 2.86. The monoisotopic (exact) mass is 323 g/mol. The minimum atomic E-state index is -0.0537. The third-order valence-corrected chi connectivity index (χ3v) is 4.11. The number of hydrogen-bond donors (Lipinski definition) is 2. The van der Waals surface area contributed by atoms with Crippen molar-refractivity contribution in [1.29, 1.82) is 0 Å². The summed E-state index contributed by atoms with van der Waals surface area (Å²) in [5, 5.41) is 5.42. The highest BCUT2D eigenvalue weighted by Gasteiger charge is 2.08. The fraction of sp³-hybridized carbons (Fsp3) is 0.267. The summed E-state index contributed by atoms with van der Waals surface area (Å²) in [7, 11) is 2.00. The Balaban J connectivity index is 1.79. The number of nitrogens with zero attached hydrogens (tertiary/aromatic N) is 1. The van der Waals surface area contributed by atoms with Gasteiger partial charge in [0.1, 0.15) is 0 Å². The molecular formula is C15H18ClN3OS. The summed E-state index contributed by atoms with van der Waals surface area (Å²) < 4.78 is 0. The number of benzene rings is 1. The van der Waals surface area contributed by atoms with E-state index >= 15 is 0 Å². The molecule has 3 N–H and O–H groups in total. The van der Waals surface area contributed by atoms with Gasteiger partial charge in [-0.2, -0.15) is 0 Å². The van der Waals surface area contributed by atoms with Gasteiger partial charge in [0, 0.05) is 29.4 Å². The van der Waals surface area contributed by atoms with Crippen LogP contribution >= 0.6 is 22.9 Å². The Kier molecular flexibility index (Phi) is 5.61. The Morgan fingerprint density at radius 2 is 2.24 bits per heavy atom. The average molecular weight is 324 g/mol. The number of rotatable bonds is 6. The topological polar surface area (TPSA) is 58.4 Å². The van der Waals surface area contributed by atoms with E-state index in [4.69, 9.17) is 17.3 Å². The van der Waals surface area contributed by atoms with E-state index in [1.54, 1.807) is 29.5 Å². The van der Waals surface area contributed by atoms with Crippen molar-refractivity contribution >= 4 is 40.2 Å². The van der Waals surface area contributed by atoms with E-state index in [-0.39, 0.29) is 5.91 Å². The summed E-state index contributed by atoms with van der Waals surface area (Å²) in [6, 6.07) is 9.17. The molecule has 1 aromatic heterocycles. The van der Waals surface area contributed by atoms with Crippen LogP contribution in [-0.2, 0) is 11.3 Å². The molecule has 0 saturated carbocycles. The van der Waals surface area contributed by atoms with Crippen molar-refractivity contribution < 1.29 is 4.79 Å². The quantitative estimate of drug-likeness (QED) is 0.801. The number of carbonyl (C=O) groups is 1. The first-order chi connectivity index (χ1) is 10.0. The third-order valence-electron chi connectivity index (χ3n) is 3.01. The number of amides is 1. The van der Waals surface area contributed by atoms with Crippen LogP contribution in [0, 0.1) is 0 Å². The molecule has 2 aromatic rings. The maximum Gasteiger partial charge on any atom is 0.225 e. The predicted octanol–water partition coefficient (Wildman–Crippen LogP) is 3.44. The zero-order valence-electron chi connectivity index (χ0n) is 11.8. The van der Waals surface area contributed by atoms with Gasteiger partial charge in [-0.05, 0) is 36.7 Å². The molecule has 4 nitrogen and oxygen atoms in total. The molecule has 0 fully saturated rings. The van der Waals surface area contributed by atoms with Gasteiger partial charge in [0.25, 0.3) is 0 Å². The summed E-state index contributed by atoms with van der Waals surface area (Å²) in [5.74, 6) is -0.0537. The second-order valence-corrected chi connectivity index (χ2v) is 6.32. The highest BCUT2D eigenvalue weighted by molar-refractivity contribution is 7.09. The van der Waals surface area contributed by atoms with Gasteiger partial charge in [0.05, 0.1) is 11.4 Å². The number of thiophene rings is 1. The lowest BCUT2D eigenvalue weighted by Crippen LogP contribution is -2.23. The van der Waals surface area contributed by atoms with E-state index in [1.165, 1.54) is 4.88 Å².